The fourth-order valence-electron chi connectivity index (χ4n) is 4.06. The van der Waals surface area contributed by atoms with Gasteiger partial charge < -0.3 is 14.5 Å². The number of esters is 1. The molecule has 0 aliphatic heterocycles. The summed E-state index contributed by atoms with van der Waals surface area (Å²) in [5, 5.41) is 2.24. The molecule has 0 saturated carbocycles. The normalized spacial score (nSPS) is 11.9. The molecule has 0 atom stereocenters. The van der Waals surface area contributed by atoms with Gasteiger partial charge in [-0.15, -0.1) is 0 Å². The smallest absolute Gasteiger partial charge is 0.338 e. The van der Waals surface area contributed by atoms with Gasteiger partial charge in [0, 0.05) is 24.2 Å². The first-order chi connectivity index (χ1) is 18.2. The van der Waals surface area contributed by atoms with Gasteiger partial charge in [-0.3, -0.25) is 9.52 Å². The molecule has 4 rings (SSSR count). The summed E-state index contributed by atoms with van der Waals surface area (Å²) in [7, 11) is -2.54. The Bertz CT molecular complexity index is 1700. The Morgan fingerprint density at radius 2 is 1.64 bits per heavy atom. The molecule has 2 N–H and O–H groups in total. The highest BCUT2D eigenvalue weighted by Gasteiger charge is 2.29. The number of hydrogen-bond donors (Lipinski definition) is 2. The van der Waals surface area contributed by atoms with E-state index in [1.165, 1.54) is 49.5 Å². The summed E-state index contributed by atoms with van der Waals surface area (Å²) < 4.78 is 68.0. The van der Waals surface area contributed by atoms with Gasteiger partial charge in [0.25, 0.3) is 5.91 Å². The van der Waals surface area contributed by atoms with Crippen LogP contribution in [0.2, 0.25) is 0 Å². The fraction of sp³-hybridized carbons (Fsp3) is 0.214. The predicted octanol–water partition coefficient (Wildman–Crippen LogP) is 5.73. The lowest BCUT2D eigenvalue weighted by Crippen LogP contribution is -2.23. The van der Waals surface area contributed by atoms with Crippen LogP contribution >= 0.6 is 0 Å². The third-order valence-electron chi connectivity index (χ3n) is 5.56. The fourth-order valence-corrected chi connectivity index (χ4v) is 4.62. The van der Waals surface area contributed by atoms with Crippen LogP contribution in [-0.2, 0) is 14.8 Å². The molecule has 0 aliphatic rings. The third-order valence-corrected chi connectivity index (χ3v) is 6.15. The van der Waals surface area contributed by atoms with Crippen molar-refractivity contribution in [2.24, 2.45) is 0 Å². The molecule has 0 unspecified atom stereocenters. The van der Waals surface area contributed by atoms with Crippen LogP contribution in [0.1, 0.15) is 41.5 Å². The summed E-state index contributed by atoms with van der Waals surface area (Å²) in [6.07, 6.45) is 0.901. The molecule has 0 saturated heterocycles. The van der Waals surface area contributed by atoms with E-state index in [1.54, 1.807) is 20.8 Å². The topological polar surface area (TPSA) is 115 Å². The quantitative estimate of drug-likeness (QED) is 0.293. The summed E-state index contributed by atoms with van der Waals surface area (Å²) in [6, 6.07) is 12.2. The molecule has 1 aromatic heterocycles. The molecule has 39 heavy (non-hydrogen) atoms. The molecule has 0 radical (unpaired) electrons. The van der Waals surface area contributed by atoms with Gasteiger partial charge in [0.1, 0.15) is 28.6 Å². The number of anilines is 1. The number of furan rings is 1. The van der Waals surface area contributed by atoms with E-state index in [2.05, 4.69) is 10.0 Å². The Hall–Kier alpha value is -4.25. The van der Waals surface area contributed by atoms with E-state index in [4.69, 9.17) is 9.15 Å². The minimum Gasteiger partial charge on any atom is -0.456 e. The second kappa shape index (κ2) is 10.1. The number of carbonyl (C=O) groups is 2. The molecule has 4 aromatic rings. The molecule has 0 bridgehead atoms. The Morgan fingerprint density at radius 3 is 2.23 bits per heavy atom. The lowest BCUT2D eigenvalue weighted by Gasteiger charge is -2.20. The van der Waals surface area contributed by atoms with E-state index in [0.717, 1.165) is 18.4 Å². The summed E-state index contributed by atoms with van der Waals surface area (Å²) in [6.45, 7) is 5.11. The molecular formula is C28H26F2N2O6S. The molecule has 0 spiro atoms. The van der Waals surface area contributed by atoms with Gasteiger partial charge in [-0.2, -0.15) is 0 Å². The van der Waals surface area contributed by atoms with Crippen LogP contribution in [0.15, 0.2) is 59.0 Å². The molecule has 1 amide bonds. The number of halogens is 2. The first kappa shape index (κ1) is 27.8. The number of hydrogen-bond acceptors (Lipinski definition) is 6. The second-order valence-corrected chi connectivity index (χ2v) is 11.6. The van der Waals surface area contributed by atoms with Gasteiger partial charge in [0.15, 0.2) is 0 Å². The molecule has 8 nitrogen and oxygen atoms in total. The van der Waals surface area contributed by atoms with Gasteiger partial charge in [-0.25, -0.2) is 22.0 Å². The number of amides is 1. The van der Waals surface area contributed by atoms with Crippen molar-refractivity contribution in [1.29, 1.82) is 0 Å². The van der Waals surface area contributed by atoms with Crippen molar-refractivity contribution in [2.75, 3.05) is 18.0 Å². The maximum Gasteiger partial charge on any atom is 0.338 e. The van der Waals surface area contributed by atoms with Crippen LogP contribution in [0.25, 0.3) is 33.4 Å². The average Bonchev–Trinajstić information content (AvgIpc) is 3.22. The Labute approximate surface area is 224 Å². The number of rotatable bonds is 6. The van der Waals surface area contributed by atoms with Crippen LogP contribution in [0.4, 0.5) is 14.5 Å². The van der Waals surface area contributed by atoms with Gasteiger partial charge >= 0.3 is 5.97 Å². The minimum absolute atomic E-state index is 0.0341. The largest absolute Gasteiger partial charge is 0.456 e. The van der Waals surface area contributed by atoms with Crippen molar-refractivity contribution in [1.82, 2.24) is 5.32 Å². The Morgan fingerprint density at radius 1 is 0.974 bits per heavy atom. The van der Waals surface area contributed by atoms with Crippen molar-refractivity contribution in [3.8, 4) is 22.5 Å². The Balaban J connectivity index is 2.04. The van der Waals surface area contributed by atoms with Gasteiger partial charge in [0.05, 0.1) is 28.5 Å². The number of nitrogens with one attached hydrogen (secondary N) is 2. The summed E-state index contributed by atoms with van der Waals surface area (Å²) in [4.78, 5) is 25.7. The van der Waals surface area contributed by atoms with Crippen molar-refractivity contribution >= 4 is 38.6 Å². The SMILES string of the molecule is CNC(=O)c1c(-c2ccc(F)cc2)oc2cc(NS(C)(=O)=O)c(-c3cccc(C(=O)OC(C)(C)C)c3)c(F)c12. The predicted molar refractivity (Wildman–Crippen MR) is 144 cm³/mol. The first-order valence-electron chi connectivity index (χ1n) is 11.8. The van der Waals surface area contributed by atoms with E-state index < -0.39 is 39.1 Å². The molecule has 0 aliphatic carbocycles. The molecule has 1 heterocycles. The number of benzene rings is 3. The first-order valence-corrected chi connectivity index (χ1v) is 13.7. The zero-order chi connectivity index (χ0) is 28.7. The van der Waals surface area contributed by atoms with Crippen LogP contribution < -0.4 is 10.0 Å². The highest BCUT2D eigenvalue weighted by atomic mass is 32.2. The lowest BCUT2D eigenvalue weighted by molar-refractivity contribution is 0.00694. The number of carbonyl (C=O) groups excluding carboxylic acids is 2. The van der Waals surface area contributed by atoms with Gasteiger partial charge in [-0.1, -0.05) is 12.1 Å². The second-order valence-electron chi connectivity index (χ2n) is 9.84. The lowest BCUT2D eigenvalue weighted by atomic mass is 9.96. The van der Waals surface area contributed by atoms with Crippen molar-refractivity contribution < 1.29 is 35.9 Å². The summed E-state index contributed by atoms with van der Waals surface area (Å²) in [5.41, 5.74) is -0.890. The van der Waals surface area contributed by atoms with Gasteiger partial charge in [0.2, 0.25) is 10.0 Å². The van der Waals surface area contributed by atoms with Crippen LogP contribution in [0, 0.1) is 11.6 Å². The third kappa shape index (κ3) is 5.93. The number of fused-ring (bicyclic) bond motifs is 1. The summed E-state index contributed by atoms with van der Waals surface area (Å²) >= 11 is 0. The van der Waals surface area contributed by atoms with Crippen LogP contribution in [0.3, 0.4) is 0 Å². The monoisotopic (exact) mass is 556 g/mol. The average molecular weight is 557 g/mol. The Kier molecular flexibility index (Phi) is 7.22. The van der Waals surface area contributed by atoms with Crippen molar-refractivity contribution in [2.45, 2.75) is 26.4 Å². The highest BCUT2D eigenvalue weighted by molar-refractivity contribution is 7.92. The molecule has 11 heteroatoms. The van der Waals surface area contributed by atoms with Crippen LogP contribution in [-0.4, -0.2) is 39.2 Å². The molecule has 204 valence electrons. The van der Waals surface area contributed by atoms with E-state index in [0.29, 0.717) is 5.56 Å². The highest BCUT2D eigenvalue weighted by Crippen LogP contribution is 2.42. The van der Waals surface area contributed by atoms with Crippen molar-refractivity contribution in [3.05, 3.63) is 77.4 Å². The molecular weight excluding hydrogens is 530 g/mol. The van der Waals surface area contributed by atoms with E-state index in [1.807, 2.05) is 0 Å². The maximum absolute atomic E-state index is 16.5. The maximum atomic E-state index is 16.5. The zero-order valence-electron chi connectivity index (χ0n) is 21.8. The number of sulfonamides is 1. The van der Waals surface area contributed by atoms with Crippen molar-refractivity contribution in [3.63, 3.8) is 0 Å². The minimum atomic E-state index is -3.90. The standard InChI is InChI=1S/C28H26F2N2O6S/c1-28(2,3)38-27(34)17-8-6-7-16(13-17)21-19(32-39(5,35)36)14-20-22(24(21)30)23(26(33)31-4)25(37-20)15-9-11-18(29)12-10-15/h6-14,32H,1-5H3,(H,31,33). The van der Waals surface area contributed by atoms with Crippen LogP contribution in [0.5, 0.6) is 0 Å². The summed E-state index contributed by atoms with van der Waals surface area (Å²) in [5.74, 6) is -2.85. The van der Waals surface area contributed by atoms with E-state index in [-0.39, 0.29) is 44.7 Å². The van der Waals surface area contributed by atoms with E-state index >= 15 is 4.39 Å². The number of ether oxygens (including phenoxy) is 1. The van der Waals surface area contributed by atoms with Gasteiger partial charge in [-0.05, 0) is 62.7 Å². The van der Waals surface area contributed by atoms with E-state index in [9.17, 15) is 22.4 Å². The molecule has 0 fully saturated rings. The zero-order valence-corrected chi connectivity index (χ0v) is 22.6. The molecule has 3 aromatic carbocycles.